The molecule has 9 nitrogen and oxygen atoms in total. The van der Waals surface area contributed by atoms with Crippen molar-refractivity contribution in [2.45, 2.75) is 51.9 Å². The first-order valence-corrected chi connectivity index (χ1v) is 9.38. The molecule has 2 fully saturated rings. The average molecular weight is 376 g/mol. The van der Waals surface area contributed by atoms with E-state index in [2.05, 4.69) is 10.3 Å². The van der Waals surface area contributed by atoms with E-state index in [-0.39, 0.29) is 11.5 Å². The number of rotatable bonds is 4. The minimum Gasteiger partial charge on any atom is -0.360 e. The molecule has 0 aliphatic carbocycles. The summed E-state index contributed by atoms with van der Waals surface area (Å²) in [6.07, 6.45) is 2.34. The summed E-state index contributed by atoms with van der Waals surface area (Å²) in [4.78, 5) is 26.8. The van der Waals surface area contributed by atoms with Crippen molar-refractivity contribution >= 4 is 16.8 Å². The highest BCUT2D eigenvalue weighted by Gasteiger charge is 2.40. The largest absolute Gasteiger partial charge is 0.360 e. The van der Waals surface area contributed by atoms with Crippen LogP contribution in [0.5, 0.6) is 0 Å². The Balaban J connectivity index is 1.33. The zero-order chi connectivity index (χ0) is 19.0. The first-order chi connectivity index (χ1) is 13.0. The van der Waals surface area contributed by atoms with Gasteiger partial charge in [0.05, 0.1) is 24.3 Å². The van der Waals surface area contributed by atoms with Gasteiger partial charge in [-0.1, -0.05) is 5.16 Å². The summed E-state index contributed by atoms with van der Waals surface area (Å²) in [5.41, 5.74) is 0.715. The fourth-order valence-corrected chi connectivity index (χ4v) is 3.92. The number of likely N-dealkylation sites (tertiary alicyclic amines) is 1. The highest BCUT2D eigenvalue weighted by Crippen LogP contribution is 2.31. The lowest BCUT2D eigenvalue weighted by atomic mass is 10.0. The minimum absolute atomic E-state index is 0.0889. The molecule has 0 atom stereocenters. The predicted octanol–water partition coefficient (Wildman–Crippen LogP) is 1.15. The van der Waals surface area contributed by atoms with Gasteiger partial charge in [-0.3, -0.25) is 9.59 Å². The zero-order valence-electron chi connectivity index (χ0n) is 15.7. The van der Waals surface area contributed by atoms with Crippen molar-refractivity contribution in [2.24, 2.45) is 0 Å². The number of amides is 1. The second-order valence-corrected chi connectivity index (χ2v) is 7.17. The molecule has 4 heterocycles. The fraction of sp³-hybridized carbons (Fsp3) is 0.667. The van der Waals surface area contributed by atoms with Gasteiger partial charge in [-0.2, -0.15) is 5.10 Å². The maximum Gasteiger partial charge on any atom is 0.296 e. The number of fused-ring (bicyclic) bond motifs is 1. The van der Waals surface area contributed by atoms with Crippen molar-refractivity contribution in [3.63, 3.8) is 0 Å². The van der Waals surface area contributed by atoms with Crippen molar-refractivity contribution in [1.82, 2.24) is 19.8 Å². The van der Waals surface area contributed by atoms with Gasteiger partial charge in [0, 0.05) is 38.9 Å². The number of aryl methyl sites for hydroxylation is 3. The number of hydrogen-bond donors (Lipinski definition) is 0. The molecule has 0 bridgehead atoms. The molecule has 4 rings (SSSR count). The molecule has 2 aromatic heterocycles. The monoisotopic (exact) mass is 376 g/mol. The lowest BCUT2D eigenvalue weighted by Crippen LogP contribution is -2.47. The molecule has 2 aliphatic heterocycles. The molecule has 2 aliphatic rings. The standard InChI is InChI=1S/C18H24N4O5/c1-12-15-13(2)27-20-16(15)17(24)22(19-12)7-3-4-14(23)21-8-5-18(6-9-21)25-10-11-26-18/h3-11H2,1-2H3. The van der Waals surface area contributed by atoms with Crippen LogP contribution in [0.2, 0.25) is 0 Å². The van der Waals surface area contributed by atoms with Crippen LogP contribution in [0.3, 0.4) is 0 Å². The van der Waals surface area contributed by atoms with E-state index in [0.29, 0.717) is 80.9 Å². The third-order valence-corrected chi connectivity index (χ3v) is 5.38. The van der Waals surface area contributed by atoms with Gasteiger partial charge in [-0.05, 0) is 20.3 Å². The molecule has 0 radical (unpaired) electrons. The second kappa shape index (κ2) is 7.05. The molecule has 9 heteroatoms. The maximum absolute atomic E-state index is 12.5. The third-order valence-electron chi connectivity index (χ3n) is 5.38. The molecule has 0 saturated carbocycles. The Labute approximate surface area is 156 Å². The van der Waals surface area contributed by atoms with Crippen LogP contribution in [-0.2, 0) is 20.8 Å². The Bertz CT molecular complexity index is 902. The third kappa shape index (κ3) is 3.37. The van der Waals surface area contributed by atoms with Crippen molar-refractivity contribution in [2.75, 3.05) is 26.3 Å². The second-order valence-electron chi connectivity index (χ2n) is 7.17. The molecule has 2 aromatic rings. The number of piperidine rings is 1. The first kappa shape index (κ1) is 18.1. The van der Waals surface area contributed by atoms with E-state index < -0.39 is 5.79 Å². The van der Waals surface area contributed by atoms with E-state index in [9.17, 15) is 9.59 Å². The summed E-state index contributed by atoms with van der Waals surface area (Å²) in [6, 6.07) is 0. The lowest BCUT2D eigenvalue weighted by Gasteiger charge is -2.37. The Morgan fingerprint density at radius 3 is 2.59 bits per heavy atom. The van der Waals surface area contributed by atoms with Gasteiger partial charge >= 0.3 is 0 Å². The van der Waals surface area contributed by atoms with Gasteiger partial charge in [0.15, 0.2) is 11.3 Å². The molecule has 1 amide bonds. The fourth-order valence-electron chi connectivity index (χ4n) is 3.92. The number of nitrogens with zero attached hydrogens (tertiary/aromatic N) is 4. The lowest BCUT2D eigenvalue weighted by molar-refractivity contribution is -0.187. The van der Waals surface area contributed by atoms with Gasteiger partial charge in [-0.25, -0.2) is 4.68 Å². The van der Waals surface area contributed by atoms with Gasteiger partial charge < -0.3 is 18.9 Å². The van der Waals surface area contributed by atoms with Crippen LogP contribution in [0.25, 0.3) is 10.9 Å². The van der Waals surface area contributed by atoms with Gasteiger partial charge in [0.2, 0.25) is 5.91 Å². The molecule has 27 heavy (non-hydrogen) atoms. The van der Waals surface area contributed by atoms with E-state index >= 15 is 0 Å². The summed E-state index contributed by atoms with van der Waals surface area (Å²) < 4.78 is 17.9. The molecule has 2 saturated heterocycles. The van der Waals surface area contributed by atoms with Gasteiger partial charge in [-0.15, -0.1) is 0 Å². The van der Waals surface area contributed by atoms with E-state index in [1.165, 1.54) is 4.68 Å². The highest BCUT2D eigenvalue weighted by atomic mass is 16.7. The van der Waals surface area contributed by atoms with Crippen molar-refractivity contribution in [3.8, 4) is 0 Å². The normalized spacial score (nSPS) is 19.3. The zero-order valence-corrected chi connectivity index (χ0v) is 15.7. The summed E-state index contributed by atoms with van der Waals surface area (Å²) >= 11 is 0. The van der Waals surface area contributed by atoms with Crippen molar-refractivity contribution in [3.05, 3.63) is 21.8 Å². The summed E-state index contributed by atoms with van der Waals surface area (Å²) in [5.74, 6) is 0.204. The van der Waals surface area contributed by atoms with Crippen LogP contribution < -0.4 is 5.56 Å². The summed E-state index contributed by atoms with van der Waals surface area (Å²) in [7, 11) is 0. The van der Waals surface area contributed by atoms with Crippen LogP contribution in [0, 0.1) is 13.8 Å². The van der Waals surface area contributed by atoms with Crippen LogP contribution in [0.15, 0.2) is 9.32 Å². The van der Waals surface area contributed by atoms with Crippen LogP contribution >= 0.6 is 0 Å². The topological polar surface area (TPSA) is 99.7 Å². The predicted molar refractivity (Wildman–Crippen MR) is 95.2 cm³/mol. The Kier molecular flexibility index (Phi) is 4.73. The molecule has 146 valence electrons. The summed E-state index contributed by atoms with van der Waals surface area (Å²) in [6.45, 7) is 6.49. The molecule has 0 aromatic carbocycles. The Morgan fingerprint density at radius 2 is 1.89 bits per heavy atom. The number of hydrogen-bond acceptors (Lipinski definition) is 7. The number of carbonyl (C=O) groups is 1. The Hall–Kier alpha value is -2.26. The van der Waals surface area contributed by atoms with E-state index in [0.717, 1.165) is 0 Å². The van der Waals surface area contributed by atoms with Crippen molar-refractivity contribution < 1.29 is 18.8 Å². The Morgan fingerprint density at radius 1 is 1.19 bits per heavy atom. The summed E-state index contributed by atoms with van der Waals surface area (Å²) in [5, 5.41) is 8.85. The van der Waals surface area contributed by atoms with Gasteiger partial charge in [0.1, 0.15) is 5.76 Å². The number of ether oxygens (including phenoxy) is 2. The molecular formula is C18H24N4O5. The quantitative estimate of drug-likeness (QED) is 0.789. The van der Waals surface area contributed by atoms with E-state index in [4.69, 9.17) is 14.0 Å². The minimum atomic E-state index is -0.476. The molecular weight excluding hydrogens is 352 g/mol. The molecule has 1 spiro atoms. The molecule has 0 unspecified atom stereocenters. The highest BCUT2D eigenvalue weighted by molar-refractivity contribution is 5.81. The maximum atomic E-state index is 12.5. The first-order valence-electron chi connectivity index (χ1n) is 9.38. The molecule has 0 N–H and O–H groups in total. The average Bonchev–Trinajstić information content (AvgIpc) is 3.27. The number of carbonyl (C=O) groups excluding carboxylic acids is 1. The van der Waals surface area contributed by atoms with E-state index in [1.54, 1.807) is 6.92 Å². The van der Waals surface area contributed by atoms with Crippen LogP contribution in [-0.4, -0.2) is 57.8 Å². The number of aromatic nitrogens is 3. The van der Waals surface area contributed by atoms with Crippen molar-refractivity contribution in [1.29, 1.82) is 0 Å². The smallest absolute Gasteiger partial charge is 0.296 e. The SMILES string of the molecule is Cc1nn(CCCC(=O)N2CCC3(CC2)OCCO3)c(=O)c2noc(C)c12. The van der Waals surface area contributed by atoms with E-state index in [1.807, 2.05) is 11.8 Å². The van der Waals surface area contributed by atoms with Gasteiger partial charge in [0.25, 0.3) is 5.56 Å². The van der Waals surface area contributed by atoms with Crippen LogP contribution in [0.4, 0.5) is 0 Å². The van der Waals surface area contributed by atoms with Crippen LogP contribution in [0.1, 0.15) is 37.1 Å².